The molecule has 14 heavy (non-hydrogen) atoms. The largest absolute Gasteiger partial charge is 0.478 e. The summed E-state index contributed by atoms with van der Waals surface area (Å²) >= 11 is 0. The van der Waals surface area contributed by atoms with E-state index in [-0.39, 0.29) is 18.0 Å². The van der Waals surface area contributed by atoms with Gasteiger partial charge in [0, 0.05) is 12.7 Å². The van der Waals surface area contributed by atoms with E-state index in [9.17, 15) is 9.59 Å². The predicted octanol–water partition coefficient (Wildman–Crippen LogP) is 1.18. The van der Waals surface area contributed by atoms with Crippen molar-refractivity contribution >= 4 is 11.9 Å². The molecule has 4 heteroatoms. The summed E-state index contributed by atoms with van der Waals surface area (Å²) in [7, 11) is 0. The summed E-state index contributed by atoms with van der Waals surface area (Å²) in [6.45, 7) is 8.45. The molecule has 1 N–H and O–H groups in total. The van der Waals surface area contributed by atoms with Crippen LogP contribution in [0.4, 0.5) is 0 Å². The van der Waals surface area contributed by atoms with Crippen molar-refractivity contribution in [2.45, 2.75) is 6.92 Å². The van der Waals surface area contributed by atoms with Crippen LogP contribution in [0.3, 0.4) is 0 Å². The van der Waals surface area contributed by atoms with E-state index in [1.54, 1.807) is 0 Å². The fraction of sp³-hybridized carbons (Fsp3) is 0.200. The maximum absolute atomic E-state index is 11.2. The van der Waals surface area contributed by atoms with E-state index in [2.05, 4.69) is 13.2 Å². The van der Waals surface area contributed by atoms with Crippen molar-refractivity contribution in [1.82, 2.24) is 4.90 Å². The Bertz CT molecular complexity index is 292. The van der Waals surface area contributed by atoms with Crippen molar-refractivity contribution in [3.63, 3.8) is 0 Å². The average molecular weight is 195 g/mol. The highest BCUT2D eigenvalue weighted by atomic mass is 16.4. The van der Waals surface area contributed by atoms with Crippen LogP contribution < -0.4 is 0 Å². The zero-order valence-electron chi connectivity index (χ0n) is 8.06. The van der Waals surface area contributed by atoms with E-state index in [1.165, 1.54) is 24.1 Å². The third kappa shape index (κ3) is 3.71. The number of hydrogen-bond acceptors (Lipinski definition) is 2. The van der Waals surface area contributed by atoms with Crippen LogP contribution >= 0.6 is 0 Å². The van der Waals surface area contributed by atoms with Gasteiger partial charge in [0.2, 0.25) is 5.91 Å². The molecule has 0 aromatic heterocycles. The fourth-order valence-electron chi connectivity index (χ4n) is 0.752. The first-order valence-electron chi connectivity index (χ1n) is 3.98. The number of rotatable bonds is 5. The molecule has 0 spiro atoms. The van der Waals surface area contributed by atoms with E-state index in [0.717, 1.165) is 6.08 Å². The van der Waals surface area contributed by atoms with Gasteiger partial charge in [-0.2, -0.15) is 0 Å². The molecule has 0 aliphatic rings. The zero-order chi connectivity index (χ0) is 11.1. The first-order valence-corrected chi connectivity index (χ1v) is 3.98. The molecule has 0 aliphatic carbocycles. The molecular formula is C10H13NO3. The van der Waals surface area contributed by atoms with E-state index in [4.69, 9.17) is 5.11 Å². The van der Waals surface area contributed by atoms with Crippen molar-refractivity contribution in [1.29, 1.82) is 0 Å². The van der Waals surface area contributed by atoms with Crippen LogP contribution in [-0.4, -0.2) is 28.4 Å². The number of aliphatic carboxylic acids is 1. The monoisotopic (exact) mass is 195 g/mol. The lowest BCUT2D eigenvalue weighted by Gasteiger charge is -2.14. The Kier molecular flexibility index (Phi) is 4.99. The second-order valence-electron chi connectivity index (χ2n) is 2.60. The number of carboxylic acids is 1. The van der Waals surface area contributed by atoms with E-state index < -0.39 is 5.97 Å². The second kappa shape index (κ2) is 5.75. The molecule has 4 nitrogen and oxygen atoms in total. The summed E-state index contributed by atoms with van der Waals surface area (Å²) in [4.78, 5) is 22.9. The Morgan fingerprint density at radius 2 is 2.00 bits per heavy atom. The topological polar surface area (TPSA) is 57.6 Å². The summed E-state index contributed by atoms with van der Waals surface area (Å²) < 4.78 is 0. The molecule has 76 valence electrons. The van der Waals surface area contributed by atoms with Crippen LogP contribution in [0.1, 0.15) is 6.92 Å². The average Bonchev–Trinajstić information content (AvgIpc) is 2.15. The van der Waals surface area contributed by atoms with Gasteiger partial charge in [0.1, 0.15) is 0 Å². The Balaban J connectivity index is 4.75. The molecule has 0 aromatic carbocycles. The predicted molar refractivity (Wildman–Crippen MR) is 53.5 cm³/mol. The number of nitrogens with zero attached hydrogens (tertiary/aromatic N) is 1. The van der Waals surface area contributed by atoms with Gasteiger partial charge >= 0.3 is 5.97 Å². The van der Waals surface area contributed by atoms with Gasteiger partial charge in [-0.3, -0.25) is 4.79 Å². The molecule has 0 aliphatic heterocycles. The van der Waals surface area contributed by atoms with Crippen LogP contribution in [-0.2, 0) is 9.59 Å². The maximum Gasteiger partial charge on any atom is 0.332 e. The van der Waals surface area contributed by atoms with Gasteiger partial charge in [-0.15, -0.1) is 6.58 Å². The Labute approximate surface area is 82.8 Å². The minimum Gasteiger partial charge on any atom is -0.478 e. The van der Waals surface area contributed by atoms with Gasteiger partial charge in [-0.05, 0) is 13.0 Å². The maximum atomic E-state index is 11.2. The lowest BCUT2D eigenvalue weighted by atomic mass is 10.3. The van der Waals surface area contributed by atoms with Crippen molar-refractivity contribution in [2.75, 3.05) is 6.54 Å². The molecular weight excluding hydrogens is 182 g/mol. The minimum atomic E-state index is -1.06. The van der Waals surface area contributed by atoms with Gasteiger partial charge in [-0.25, -0.2) is 4.79 Å². The highest BCUT2D eigenvalue weighted by molar-refractivity contribution is 5.90. The molecule has 0 unspecified atom stereocenters. The first-order chi connectivity index (χ1) is 6.52. The van der Waals surface area contributed by atoms with E-state index in [1.807, 2.05) is 0 Å². The zero-order valence-corrected chi connectivity index (χ0v) is 8.06. The summed E-state index contributed by atoms with van der Waals surface area (Å²) in [6, 6.07) is 0. The molecule has 0 fully saturated rings. The fourth-order valence-corrected chi connectivity index (χ4v) is 0.752. The Morgan fingerprint density at radius 1 is 1.43 bits per heavy atom. The molecule has 0 bridgehead atoms. The Morgan fingerprint density at radius 3 is 2.36 bits per heavy atom. The lowest BCUT2D eigenvalue weighted by Crippen LogP contribution is -2.24. The molecule has 0 saturated carbocycles. The van der Waals surface area contributed by atoms with Gasteiger partial charge in [0.05, 0.1) is 5.57 Å². The number of carbonyl (C=O) groups excluding carboxylic acids is 1. The smallest absolute Gasteiger partial charge is 0.332 e. The minimum absolute atomic E-state index is 0.0852. The summed E-state index contributed by atoms with van der Waals surface area (Å²) in [5, 5.41) is 8.60. The van der Waals surface area contributed by atoms with Crippen LogP contribution in [0.15, 0.2) is 37.1 Å². The Hall–Kier alpha value is -1.84. The number of carbonyl (C=O) groups is 2. The van der Waals surface area contributed by atoms with Crippen molar-refractivity contribution in [3.05, 3.63) is 37.1 Å². The van der Waals surface area contributed by atoms with E-state index >= 15 is 0 Å². The number of hydrogen-bond donors (Lipinski definition) is 1. The summed E-state index contributed by atoms with van der Waals surface area (Å²) in [5.74, 6) is -1.42. The van der Waals surface area contributed by atoms with Crippen LogP contribution in [0.2, 0.25) is 0 Å². The second-order valence-corrected chi connectivity index (χ2v) is 2.60. The lowest BCUT2D eigenvalue weighted by molar-refractivity contribution is -0.132. The molecule has 0 radical (unpaired) electrons. The van der Waals surface area contributed by atoms with Gasteiger partial charge in [0.15, 0.2) is 0 Å². The molecule has 1 amide bonds. The van der Waals surface area contributed by atoms with E-state index in [0.29, 0.717) is 0 Å². The molecule has 0 rings (SSSR count). The third-order valence-corrected chi connectivity index (χ3v) is 1.47. The van der Waals surface area contributed by atoms with Gasteiger partial charge < -0.3 is 10.0 Å². The normalized spacial score (nSPS) is 10.5. The highest BCUT2D eigenvalue weighted by Gasteiger charge is 2.08. The summed E-state index contributed by atoms with van der Waals surface area (Å²) in [5.41, 5.74) is 0.0852. The van der Waals surface area contributed by atoms with Gasteiger partial charge in [0.25, 0.3) is 0 Å². The molecule has 0 atom stereocenters. The highest BCUT2D eigenvalue weighted by Crippen LogP contribution is 1.99. The quantitative estimate of drug-likeness (QED) is 0.529. The third-order valence-electron chi connectivity index (χ3n) is 1.47. The molecule has 0 heterocycles. The van der Waals surface area contributed by atoms with Crippen molar-refractivity contribution in [3.8, 4) is 0 Å². The summed E-state index contributed by atoms with van der Waals surface area (Å²) in [6.07, 6.45) is 3.89. The van der Waals surface area contributed by atoms with Crippen LogP contribution in [0.25, 0.3) is 0 Å². The van der Waals surface area contributed by atoms with Crippen molar-refractivity contribution < 1.29 is 14.7 Å². The number of carboxylic acid groups (broad SMARTS) is 1. The van der Waals surface area contributed by atoms with Crippen LogP contribution in [0, 0.1) is 0 Å². The van der Waals surface area contributed by atoms with Crippen LogP contribution in [0.5, 0.6) is 0 Å². The SMILES string of the molecule is C=CCN(C=C(C)C(=O)O)C(=O)C=C. The number of amides is 1. The first kappa shape index (κ1) is 12.2. The molecule has 0 aromatic rings. The standard InChI is InChI=1S/C10H13NO3/c1-4-6-11(9(12)5-2)7-8(3)10(13)14/h4-5,7H,1-2,6H2,3H3,(H,13,14). The van der Waals surface area contributed by atoms with Gasteiger partial charge in [-0.1, -0.05) is 12.7 Å². The van der Waals surface area contributed by atoms with Crippen molar-refractivity contribution in [2.24, 2.45) is 0 Å². The molecule has 0 saturated heterocycles.